The van der Waals surface area contributed by atoms with Crippen molar-refractivity contribution in [3.05, 3.63) is 21.3 Å². The molecule has 2 nitrogen and oxygen atoms in total. The summed E-state index contributed by atoms with van der Waals surface area (Å²) in [7, 11) is 0. The molecule has 3 rings (SSSR count). The Labute approximate surface area is 99.2 Å². The summed E-state index contributed by atoms with van der Waals surface area (Å²) in [5.74, 6) is 1.75. The van der Waals surface area contributed by atoms with Crippen LogP contribution in [0.1, 0.15) is 5.56 Å². The third-order valence-electron chi connectivity index (χ3n) is 3.55. The molecule has 0 aliphatic carbocycles. The monoisotopic (exact) mass is 242 g/mol. The van der Waals surface area contributed by atoms with E-state index in [1.807, 2.05) is 0 Å². The van der Waals surface area contributed by atoms with Gasteiger partial charge in [-0.05, 0) is 41.9 Å². The molecule has 3 heterocycles. The van der Waals surface area contributed by atoms with E-state index in [4.69, 9.17) is 11.6 Å². The molecular weight excluding hydrogens is 228 g/mol. The van der Waals surface area contributed by atoms with E-state index in [9.17, 15) is 0 Å². The van der Waals surface area contributed by atoms with E-state index in [0.29, 0.717) is 0 Å². The molecule has 0 saturated carbocycles. The number of fused-ring (bicyclic) bond motifs is 1. The molecule has 2 aliphatic heterocycles. The maximum absolute atomic E-state index is 6.12. The Kier molecular flexibility index (Phi) is 2.73. The summed E-state index contributed by atoms with van der Waals surface area (Å²) in [6.45, 7) is 5.93. The molecule has 2 atom stereocenters. The van der Waals surface area contributed by atoms with Crippen LogP contribution in [0.5, 0.6) is 0 Å². The molecule has 1 aromatic heterocycles. The Balaban J connectivity index is 1.64. The fourth-order valence-electron chi connectivity index (χ4n) is 2.75. The smallest absolute Gasteiger partial charge is 0.0973 e. The average molecular weight is 243 g/mol. The summed E-state index contributed by atoms with van der Waals surface area (Å²) in [4.78, 5) is 2.55. The second kappa shape index (κ2) is 4.06. The van der Waals surface area contributed by atoms with Gasteiger partial charge in [-0.25, -0.2) is 0 Å². The van der Waals surface area contributed by atoms with Crippen LogP contribution >= 0.6 is 22.9 Å². The standard InChI is InChI=1S/C11H15ClN2S/c12-11-8(1-2-15-11)5-14-6-9-3-13-4-10(9)7-14/h1-2,9-10,13H,3-7H2/t9-,10+. The molecule has 1 N–H and O–H groups in total. The van der Waals surface area contributed by atoms with Crippen molar-refractivity contribution in [3.8, 4) is 0 Å². The number of hydrogen-bond donors (Lipinski definition) is 1. The summed E-state index contributed by atoms with van der Waals surface area (Å²) in [6.07, 6.45) is 0. The van der Waals surface area contributed by atoms with Crippen molar-refractivity contribution in [1.29, 1.82) is 0 Å². The Morgan fingerprint density at radius 2 is 2.13 bits per heavy atom. The second-order valence-corrected chi connectivity index (χ2v) is 6.11. The van der Waals surface area contributed by atoms with Crippen molar-refractivity contribution in [1.82, 2.24) is 10.2 Å². The lowest BCUT2D eigenvalue weighted by Crippen LogP contribution is -2.25. The number of thiophene rings is 1. The van der Waals surface area contributed by atoms with Crippen molar-refractivity contribution in [2.45, 2.75) is 6.54 Å². The van der Waals surface area contributed by atoms with Crippen LogP contribution in [-0.4, -0.2) is 31.1 Å². The first-order valence-corrected chi connectivity index (χ1v) is 6.73. The summed E-state index contributed by atoms with van der Waals surface area (Å²) in [6, 6.07) is 2.15. The van der Waals surface area contributed by atoms with Gasteiger partial charge in [-0.15, -0.1) is 11.3 Å². The number of likely N-dealkylation sites (tertiary alicyclic amines) is 1. The minimum atomic E-state index is 0.877. The highest BCUT2D eigenvalue weighted by Gasteiger charge is 2.35. The zero-order valence-electron chi connectivity index (χ0n) is 8.58. The van der Waals surface area contributed by atoms with E-state index in [1.54, 1.807) is 11.3 Å². The highest BCUT2D eigenvalue weighted by molar-refractivity contribution is 7.14. The first-order chi connectivity index (χ1) is 7.33. The van der Waals surface area contributed by atoms with Crippen LogP contribution in [0, 0.1) is 11.8 Å². The van der Waals surface area contributed by atoms with Crippen LogP contribution in [0.4, 0.5) is 0 Å². The van der Waals surface area contributed by atoms with Crippen molar-refractivity contribution < 1.29 is 0 Å². The number of nitrogens with one attached hydrogen (secondary N) is 1. The van der Waals surface area contributed by atoms with Crippen LogP contribution in [0.2, 0.25) is 4.34 Å². The predicted molar refractivity (Wildman–Crippen MR) is 64.5 cm³/mol. The van der Waals surface area contributed by atoms with Gasteiger partial charge in [0.2, 0.25) is 0 Å². The quantitative estimate of drug-likeness (QED) is 0.854. The van der Waals surface area contributed by atoms with Gasteiger partial charge in [0.25, 0.3) is 0 Å². The van der Waals surface area contributed by atoms with Gasteiger partial charge in [0.05, 0.1) is 4.34 Å². The molecule has 15 heavy (non-hydrogen) atoms. The first-order valence-electron chi connectivity index (χ1n) is 5.48. The first kappa shape index (κ1) is 10.1. The molecule has 0 amide bonds. The summed E-state index contributed by atoms with van der Waals surface area (Å²) in [5, 5.41) is 5.54. The molecule has 0 radical (unpaired) electrons. The third kappa shape index (κ3) is 1.94. The molecule has 0 bridgehead atoms. The van der Waals surface area contributed by atoms with E-state index < -0.39 is 0 Å². The van der Waals surface area contributed by atoms with E-state index >= 15 is 0 Å². The third-order valence-corrected chi connectivity index (χ3v) is 4.80. The molecule has 2 saturated heterocycles. The molecule has 0 aromatic carbocycles. The summed E-state index contributed by atoms with van der Waals surface area (Å²) < 4.78 is 0.963. The zero-order chi connectivity index (χ0) is 10.3. The van der Waals surface area contributed by atoms with E-state index in [0.717, 1.165) is 22.7 Å². The molecule has 1 aromatic rings. The van der Waals surface area contributed by atoms with E-state index in [-0.39, 0.29) is 0 Å². The fourth-order valence-corrected chi connectivity index (χ4v) is 3.67. The van der Waals surface area contributed by atoms with Crippen molar-refractivity contribution >= 4 is 22.9 Å². The lowest BCUT2D eigenvalue weighted by atomic mass is 10.0. The number of halogens is 1. The lowest BCUT2D eigenvalue weighted by Gasteiger charge is -2.16. The van der Waals surface area contributed by atoms with Crippen LogP contribution in [-0.2, 0) is 6.54 Å². The minimum Gasteiger partial charge on any atom is -0.316 e. The molecule has 2 aliphatic rings. The predicted octanol–water partition coefficient (Wildman–Crippen LogP) is 2.05. The van der Waals surface area contributed by atoms with Gasteiger partial charge in [-0.1, -0.05) is 11.6 Å². The van der Waals surface area contributed by atoms with E-state index in [2.05, 4.69) is 21.7 Å². The van der Waals surface area contributed by atoms with Crippen LogP contribution < -0.4 is 5.32 Å². The Morgan fingerprint density at radius 1 is 1.40 bits per heavy atom. The summed E-state index contributed by atoms with van der Waals surface area (Å²) in [5.41, 5.74) is 1.30. The van der Waals surface area contributed by atoms with Crippen molar-refractivity contribution in [2.24, 2.45) is 11.8 Å². The zero-order valence-corrected chi connectivity index (χ0v) is 10.2. The second-order valence-electron chi connectivity index (χ2n) is 4.59. The SMILES string of the molecule is Clc1sccc1CN1C[C@H]2CNC[C@H]2C1. The van der Waals surface area contributed by atoms with Gasteiger partial charge in [-0.3, -0.25) is 4.90 Å². The molecular formula is C11H15ClN2S. The van der Waals surface area contributed by atoms with Gasteiger partial charge < -0.3 is 5.32 Å². The molecule has 0 unspecified atom stereocenters. The maximum atomic E-state index is 6.12. The largest absolute Gasteiger partial charge is 0.316 e. The van der Waals surface area contributed by atoms with Gasteiger partial charge in [0.15, 0.2) is 0 Å². The molecule has 82 valence electrons. The van der Waals surface area contributed by atoms with E-state index in [1.165, 1.54) is 31.7 Å². The average Bonchev–Trinajstić information content (AvgIpc) is 2.83. The fraction of sp³-hybridized carbons (Fsp3) is 0.636. The maximum Gasteiger partial charge on any atom is 0.0973 e. The van der Waals surface area contributed by atoms with Crippen molar-refractivity contribution in [3.63, 3.8) is 0 Å². The highest BCUT2D eigenvalue weighted by Crippen LogP contribution is 2.30. The van der Waals surface area contributed by atoms with Crippen molar-refractivity contribution in [2.75, 3.05) is 26.2 Å². The van der Waals surface area contributed by atoms with Gasteiger partial charge in [0.1, 0.15) is 0 Å². The molecule has 4 heteroatoms. The normalized spacial score (nSPS) is 31.0. The number of nitrogens with zero attached hydrogens (tertiary/aromatic N) is 1. The van der Waals surface area contributed by atoms with Crippen LogP contribution in [0.15, 0.2) is 11.4 Å². The molecule has 2 fully saturated rings. The topological polar surface area (TPSA) is 15.3 Å². The van der Waals surface area contributed by atoms with Crippen LogP contribution in [0.3, 0.4) is 0 Å². The lowest BCUT2D eigenvalue weighted by molar-refractivity contribution is 0.306. The highest BCUT2D eigenvalue weighted by atomic mass is 35.5. The van der Waals surface area contributed by atoms with Crippen LogP contribution in [0.25, 0.3) is 0 Å². The van der Waals surface area contributed by atoms with Gasteiger partial charge in [0, 0.05) is 19.6 Å². The Hall–Kier alpha value is -0.0900. The Bertz CT molecular complexity index is 340. The number of hydrogen-bond acceptors (Lipinski definition) is 3. The number of rotatable bonds is 2. The minimum absolute atomic E-state index is 0.877. The molecule has 0 spiro atoms. The van der Waals surface area contributed by atoms with Gasteiger partial charge in [-0.2, -0.15) is 0 Å². The Morgan fingerprint density at radius 3 is 2.73 bits per heavy atom. The summed E-state index contributed by atoms with van der Waals surface area (Å²) >= 11 is 7.75. The van der Waals surface area contributed by atoms with Gasteiger partial charge >= 0.3 is 0 Å².